The van der Waals surface area contributed by atoms with Crippen molar-refractivity contribution in [2.45, 2.75) is 0 Å². The topological polar surface area (TPSA) is 48.5 Å². The van der Waals surface area contributed by atoms with Crippen molar-refractivity contribution in [2.24, 2.45) is 0 Å². The van der Waals surface area contributed by atoms with Crippen LogP contribution in [0.25, 0.3) is 11.6 Å². The summed E-state index contributed by atoms with van der Waals surface area (Å²) in [6.07, 6.45) is 7.13. The van der Waals surface area contributed by atoms with Gasteiger partial charge >= 0.3 is 0 Å². The van der Waals surface area contributed by atoms with E-state index >= 15 is 0 Å². The highest BCUT2D eigenvalue weighted by molar-refractivity contribution is 9.10. The van der Waals surface area contributed by atoms with Gasteiger partial charge in [0.15, 0.2) is 11.6 Å². The molecule has 0 fully saturated rings. The molecule has 17 heavy (non-hydrogen) atoms. The first kappa shape index (κ1) is 10.2. The first-order valence-electron chi connectivity index (χ1n) is 5.00. The minimum Gasteiger partial charge on any atom is -0.223 e. The van der Waals surface area contributed by atoms with Gasteiger partial charge in [-0.3, -0.25) is 0 Å². The second-order valence-electron chi connectivity index (χ2n) is 3.40. The maximum Gasteiger partial charge on any atom is 0.156 e. The third kappa shape index (κ3) is 1.99. The second-order valence-corrected chi connectivity index (χ2v) is 4.32. The highest BCUT2D eigenvalue weighted by Gasteiger charge is 2.05. The van der Waals surface area contributed by atoms with E-state index in [1.807, 2.05) is 36.7 Å². The molecule has 3 heterocycles. The third-order valence-corrected chi connectivity index (χ3v) is 2.70. The molecule has 3 aromatic heterocycles. The smallest absolute Gasteiger partial charge is 0.156 e. The van der Waals surface area contributed by atoms with Gasteiger partial charge < -0.3 is 0 Å². The number of aromatic nitrogens is 5. The molecule has 0 radical (unpaired) electrons. The van der Waals surface area contributed by atoms with E-state index in [4.69, 9.17) is 0 Å². The molecule has 0 saturated heterocycles. The molecule has 0 N–H and O–H groups in total. The van der Waals surface area contributed by atoms with Gasteiger partial charge in [0, 0.05) is 29.3 Å². The summed E-state index contributed by atoms with van der Waals surface area (Å²) in [5, 5.41) is 8.31. The van der Waals surface area contributed by atoms with E-state index in [1.54, 1.807) is 21.8 Å². The molecule has 0 unspecified atom stereocenters. The predicted octanol–water partition coefficient (Wildman–Crippen LogP) is 2.22. The summed E-state index contributed by atoms with van der Waals surface area (Å²) in [5.74, 6) is 1.49. The number of hydrogen-bond donors (Lipinski definition) is 0. The Kier molecular flexibility index (Phi) is 2.49. The van der Waals surface area contributed by atoms with Crippen LogP contribution in [0.3, 0.4) is 0 Å². The number of pyridine rings is 1. The van der Waals surface area contributed by atoms with Gasteiger partial charge in [-0.15, -0.1) is 0 Å². The Balaban J connectivity index is 2.13. The Morgan fingerprint density at radius 2 is 1.41 bits per heavy atom. The zero-order valence-corrected chi connectivity index (χ0v) is 10.3. The van der Waals surface area contributed by atoms with Crippen molar-refractivity contribution in [1.29, 1.82) is 0 Å². The van der Waals surface area contributed by atoms with Gasteiger partial charge in [-0.25, -0.2) is 14.3 Å². The average molecular weight is 290 g/mol. The maximum atomic E-state index is 4.49. The summed E-state index contributed by atoms with van der Waals surface area (Å²) >= 11 is 3.46. The molecule has 0 aromatic carbocycles. The lowest BCUT2D eigenvalue weighted by Crippen LogP contribution is -2.04. The monoisotopic (exact) mass is 289 g/mol. The molecular formula is C11H8BrN5. The van der Waals surface area contributed by atoms with Crippen LogP contribution in [0.2, 0.25) is 0 Å². The minimum absolute atomic E-state index is 0.745. The van der Waals surface area contributed by atoms with Crippen molar-refractivity contribution in [3.05, 3.63) is 53.5 Å². The van der Waals surface area contributed by atoms with Crippen molar-refractivity contribution in [2.75, 3.05) is 0 Å². The summed E-state index contributed by atoms with van der Waals surface area (Å²) in [4.78, 5) is 4.49. The quantitative estimate of drug-likeness (QED) is 0.727. The Hall–Kier alpha value is -1.95. The van der Waals surface area contributed by atoms with Crippen molar-refractivity contribution in [1.82, 2.24) is 24.5 Å². The predicted molar refractivity (Wildman–Crippen MR) is 66.2 cm³/mol. The average Bonchev–Trinajstić information content (AvgIpc) is 3.02. The molecule has 0 aliphatic rings. The summed E-state index contributed by atoms with van der Waals surface area (Å²) in [5.41, 5.74) is 0. The Morgan fingerprint density at radius 3 is 1.82 bits per heavy atom. The molecule has 0 bridgehead atoms. The van der Waals surface area contributed by atoms with Crippen LogP contribution in [-0.4, -0.2) is 24.5 Å². The van der Waals surface area contributed by atoms with E-state index in [9.17, 15) is 0 Å². The summed E-state index contributed by atoms with van der Waals surface area (Å²) < 4.78 is 4.35. The van der Waals surface area contributed by atoms with Gasteiger partial charge in [-0.1, -0.05) is 15.9 Å². The fraction of sp³-hybridized carbons (Fsp3) is 0. The van der Waals surface area contributed by atoms with Gasteiger partial charge in [0.05, 0.1) is 0 Å². The van der Waals surface area contributed by atoms with Crippen LogP contribution in [0.4, 0.5) is 0 Å². The van der Waals surface area contributed by atoms with Crippen LogP contribution in [0.1, 0.15) is 0 Å². The van der Waals surface area contributed by atoms with Gasteiger partial charge in [0.1, 0.15) is 0 Å². The van der Waals surface area contributed by atoms with Crippen molar-refractivity contribution >= 4 is 15.9 Å². The molecule has 3 aromatic rings. The molecule has 5 nitrogen and oxygen atoms in total. The highest BCUT2D eigenvalue weighted by Crippen LogP contribution is 2.17. The molecule has 0 aliphatic heterocycles. The van der Waals surface area contributed by atoms with Crippen LogP contribution >= 0.6 is 15.9 Å². The molecule has 0 amide bonds. The van der Waals surface area contributed by atoms with E-state index < -0.39 is 0 Å². The van der Waals surface area contributed by atoms with E-state index in [1.165, 1.54) is 0 Å². The molecule has 0 saturated carbocycles. The van der Waals surface area contributed by atoms with Crippen LogP contribution in [0.15, 0.2) is 53.5 Å². The van der Waals surface area contributed by atoms with Gasteiger partial charge in [-0.05, 0) is 24.3 Å². The first-order valence-corrected chi connectivity index (χ1v) is 5.80. The molecule has 0 atom stereocenters. The van der Waals surface area contributed by atoms with Gasteiger partial charge in [0.2, 0.25) is 0 Å². The van der Waals surface area contributed by atoms with Crippen LogP contribution in [0.5, 0.6) is 0 Å². The molecule has 6 heteroatoms. The highest BCUT2D eigenvalue weighted by atomic mass is 79.9. The van der Waals surface area contributed by atoms with Crippen LogP contribution < -0.4 is 0 Å². The zero-order chi connectivity index (χ0) is 11.7. The van der Waals surface area contributed by atoms with Gasteiger partial charge in [-0.2, -0.15) is 10.2 Å². The lowest BCUT2D eigenvalue weighted by atomic mass is 10.4. The standard InChI is InChI=1S/C11H8BrN5/c12-9-7-10(16-5-1-3-13-16)15-11(8-9)17-6-2-4-14-17/h1-8H. The molecule has 0 spiro atoms. The van der Waals surface area contributed by atoms with Crippen molar-refractivity contribution in [3.63, 3.8) is 0 Å². The maximum absolute atomic E-state index is 4.49. The zero-order valence-electron chi connectivity index (χ0n) is 8.73. The second kappa shape index (κ2) is 4.14. The Morgan fingerprint density at radius 1 is 0.882 bits per heavy atom. The summed E-state index contributed by atoms with van der Waals surface area (Å²) in [6, 6.07) is 7.52. The number of rotatable bonds is 2. The number of hydrogen-bond acceptors (Lipinski definition) is 3. The van der Waals surface area contributed by atoms with Crippen molar-refractivity contribution < 1.29 is 0 Å². The lowest BCUT2D eigenvalue weighted by Gasteiger charge is -2.05. The van der Waals surface area contributed by atoms with Crippen LogP contribution in [0, 0.1) is 0 Å². The largest absolute Gasteiger partial charge is 0.223 e. The SMILES string of the molecule is Brc1cc(-n2cccn2)nc(-n2cccn2)c1. The lowest BCUT2D eigenvalue weighted by molar-refractivity contribution is 0.802. The van der Waals surface area contributed by atoms with Gasteiger partial charge in [0.25, 0.3) is 0 Å². The van der Waals surface area contributed by atoms with Crippen LogP contribution in [-0.2, 0) is 0 Å². The summed E-state index contributed by atoms with van der Waals surface area (Å²) in [6.45, 7) is 0. The fourth-order valence-electron chi connectivity index (χ4n) is 1.51. The fourth-order valence-corrected chi connectivity index (χ4v) is 1.92. The van der Waals surface area contributed by atoms with Crippen molar-refractivity contribution in [3.8, 4) is 11.6 Å². The Labute approximate surface area is 106 Å². The Bertz CT molecular complexity index is 563. The molecular weight excluding hydrogens is 282 g/mol. The summed E-state index contributed by atoms with van der Waals surface area (Å²) in [7, 11) is 0. The van der Waals surface area contributed by atoms with E-state index in [2.05, 4.69) is 31.1 Å². The molecule has 84 valence electrons. The number of halogens is 1. The first-order chi connectivity index (χ1) is 8.33. The normalized spacial score (nSPS) is 10.6. The molecule has 0 aliphatic carbocycles. The van der Waals surface area contributed by atoms with E-state index in [0.717, 1.165) is 16.1 Å². The molecule has 3 rings (SSSR count). The van der Waals surface area contributed by atoms with E-state index in [0.29, 0.717) is 0 Å². The van der Waals surface area contributed by atoms with E-state index in [-0.39, 0.29) is 0 Å². The number of nitrogens with zero attached hydrogens (tertiary/aromatic N) is 5. The minimum atomic E-state index is 0.745. The third-order valence-electron chi connectivity index (χ3n) is 2.24.